The second-order valence-electron chi connectivity index (χ2n) is 7.12. The molecule has 1 unspecified atom stereocenters. The van der Waals surface area contributed by atoms with Crippen LogP contribution in [-0.4, -0.2) is 63.4 Å². The van der Waals surface area contributed by atoms with E-state index in [-0.39, 0.29) is 23.7 Å². The van der Waals surface area contributed by atoms with Crippen molar-refractivity contribution in [1.29, 1.82) is 0 Å². The number of aromatic nitrogens is 3. The standard InChI is InChI=1S/C18H21BrFN5O/c1-23-7-3-2-4-17(23)18(26)24-9-12(10-24)16-11-25(22-21-16)13-5-6-14(19)15(20)8-13/h5-6,8,11-12,17H,2-4,7,9-10H2,1H3. The maximum absolute atomic E-state index is 13.7. The molecule has 3 heterocycles. The molecule has 6 nitrogen and oxygen atoms in total. The zero-order chi connectivity index (χ0) is 18.3. The molecule has 8 heteroatoms. The van der Waals surface area contributed by atoms with E-state index in [2.05, 4.69) is 31.1 Å². The molecular formula is C18H21BrFN5O. The third-order valence-corrected chi connectivity index (χ3v) is 5.99. The summed E-state index contributed by atoms with van der Waals surface area (Å²) in [7, 11) is 2.03. The predicted octanol–water partition coefficient (Wildman–Crippen LogP) is 2.58. The highest BCUT2D eigenvalue weighted by molar-refractivity contribution is 9.10. The molecule has 0 bridgehead atoms. The second-order valence-corrected chi connectivity index (χ2v) is 7.97. The predicted molar refractivity (Wildman–Crippen MR) is 98.6 cm³/mol. The van der Waals surface area contributed by atoms with E-state index in [0.717, 1.165) is 25.1 Å². The average Bonchev–Trinajstić information content (AvgIpc) is 3.06. The van der Waals surface area contributed by atoms with Gasteiger partial charge < -0.3 is 4.90 Å². The summed E-state index contributed by atoms with van der Waals surface area (Å²) in [6.45, 7) is 2.35. The molecule has 0 saturated carbocycles. The van der Waals surface area contributed by atoms with Gasteiger partial charge in [-0.25, -0.2) is 9.07 Å². The van der Waals surface area contributed by atoms with Crippen molar-refractivity contribution in [2.45, 2.75) is 31.2 Å². The van der Waals surface area contributed by atoms with E-state index in [1.54, 1.807) is 16.8 Å². The van der Waals surface area contributed by atoms with Crippen LogP contribution < -0.4 is 0 Å². The third kappa shape index (κ3) is 3.27. The largest absolute Gasteiger partial charge is 0.340 e. The van der Waals surface area contributed by atoms with Crippen molar-refractivity contribution in [2.24, 2.45) is 0 Å². The van der Waals surface area contributed by atoms with E-state index < -0.39 is 0 Å². The quantitative estimate of drug-likeness (QED) is 0.763. The van der Waals surface area contributed by atoms with Crippen LogP contribution in [0.5, 0.6) is 0 Å². The number of carbonyl (C=O) groups excluding carboxylic acids is 1. The number of likely N-dealkylation sites (tertiary alicyclic amines) is 2. The Morgan fingerprint density at radius 2 is 2.12 bits per heavy atom. The van der Waals surface area contributed by atoms with Gasteiger partial charge in [0.1, 0.15) is 5.82 Å². The van der Waals surface area contributed by atoms with Crippen molar-refractivity contribution in [2.75, 3.05) is 26.7 Å². The molecule has 2 aliphatic rings. The van der Waals surface area contributed by atoms with Crippen LogP contribution in [0.25, 0.3) is 5.69 Å². The van der Waals surface area contributed by atoms with Crippen molar-refractivity contribution in [3.05, 3.63) is 40.4 Å². The fourth-order valence-corrected chi connectivity index (χ4v) is 3.91. The first-order valence-electron chi connectivity index (χ1n) is 8.89. The van der Waals surface area contributed by atoms with E-state index in [9.17, 15) is 9.18 Å². The lowest BCUT2D eigenvalue weighted by molar-refractivity contribution is -0.142. The first-order chi connectivity index (χ1) is 12.5. The monoisotopic (exact) mass is 421 g/mol. The smallest absolute Gasteiger partial charge is 0.239 e. The summed E-state index contributed by atoms with van der Waals surface area (Å²) in [6, 6.07) is 4.86. The molecular weight excluding hydrogens is 401 g/mol. The van der Waals surface area contributed by atoms with Gasteiger partial charge in [0.25, 0.3) is 0 Å². The van der Waals surface area contributed by atoms with Gasteiger partial charge in [-0.05, 0) is 54.5 Å². The van der Waals surface area contributed by atoms with Crippen LogP contribution in [0.15, 0.2) is 28.9 Å². The van der Waals surface area contributed by atoms with Crippen molar-refractivity contribution in [3.63, 3.8) is 0 Å². The van der Waals surface area contributed by atoms with Gasteiger partial charge in [-0.2, -0.15) is 0 Å². The SMILES string of the molecule is CN1CCCCC1C(=O)N1CC(c2cn(-c3ccc(Br)c(F)c3)nn2)C1. The summed E-state index contributed by atoms with van der Waals surface area (Å²) >= 11 is 3.15. The number of hydrogen-bond acceptors (Lipinski definition) is 4. The van der Waals surface area contributed by atoms with Crippen molar-refractivity contribution >= 4 is 21.8 Å². The molecule has 2 aliphatic heterocycles. The number of carbonyl (C=O) groups is 1. The van der Waals surface area contributed by atoms with Crippen LogP contribution >= 0.6 is 15.9 Å². The zero-order valence-electron chi connectivity index (χ0n) is 14.6. The van der Waals surface area contributed by atoms with Gasteiger partial charge in [-0.15, -0.1) is 5.10 Å². The van der Waals surface area contributed by atoms with E-state index in [0.29, 0.717) is 23.2 Å². The van der Waals surface area contributed by atoms with Gasteiger partial charge >= 0.3 is 0 Å². The molecule has 2 aromatic rings. The Kier molecular flexibility index (Phi) is 4.79. The lowest BCUT2D eigenvalue weighted by atomic mass is 9.94. The van der Waals surface area contributed by atoms with Gasteiger partial charge in [0, 0.05) is 25.1 Å². The van der Waals surface area contributed by atoms with Crippen LogP contribution in [0.2, 0.25) is 0 Å². The summed E-state index contributed by atoms with van der Waals surface area (Å²) < 4.78 is 15.7. The van der Waals surface area contributed by atoms with E-state index in [4.69, 9.17) is 0 Å². The lowest BCUT2D eigenvalue weighted by Crippen LogP contribution is -2.56. The number of hydrogen-bond donors (Lipinski definition) is 0. The fraction of sp³-hybridized carbons (Fsp3) is 0.500. The molecule has 1 amide bonds. The topological polar surface area (TPSA) is 54.3 Å². The number of amides is 1. The molecule has 1 aromatic heterocycles. The van der Waals surface area contributed by atoms with Crippen LogP contribution in [-0.2, 0) is 4.79 Å². The van der Waals surface area contributed by atoms with Crippen LogP contribution in [0, 0.1) is 5.82 Å². The Bertz CT molecular complexity index is 820. The lowest BCUT2D eigenvalue weighted by Gasteiger charge is -2.42. The highest BCUT2D eigenvalue weighted by Crippen LogP contribution is 2.29. The maximum Gasteiger partial charge on any atom is 0.239 e. The number of benzene rings is 1. The molecule has 2 fully saturated rings. The molecule has 0 aliphatic carbocycles. The Balaban J connectivity index is 1.39. The minimum Gasteiger partial charge on any atom is -0.340 e. The molecule has 26 heavy (non-hydrogen) atoms. The van der Waals surface area contributed by atoms with Gasteiger partial charge in [-0.1, -0.05) is 11.6 Å². The van der Waals surface area contributed by atoms with Crippen molar-refractivity contribution in [1.82, 2.24) is 24.8 Å². The number of rotatable bonds is 3. The van der Waals surface area contributed by atoms with Crippen LogP contribution in [0.1, 0.15) is 30.9 Å². The van der Waals surface area contributed by atoms with E-state index in [1.807, 2.05) is 18.1 Å². The Morgan fingerprint density at radius 3 is 2.85 bits per heavy atom. The van der Waals surface area contributed by atoms with Crippen LogP contribution in [0.3, 0.4) is 0 Å². The maximum atomic E-state index is 13.7. The van der Waals surface area contributed by atoms with Gasteiger partial charge in [-0.3, -0.25) is 9.69 Å². The number of piperidine rings is 1. The first kappa shape index (κ1) is 17.6. The summed E-state index contributed by atoms with van der Waals surface area (Å²) in [6.07, 6.45) is 5.06. The molecule has 138 valence electrons. The van der Waals surface area contributed by atoms with Gasteiger partial charge in [0.2, 0.25) is 5.91 Å². The van der Waals surface area contributed by atoms with Gasteiger partial charge in [0.05, 0.1) is 28.1 Å². The molecule has 4 rings (SSSR count). The summed E-state index contributed by atoms with van der Waals surface area (Å²) in [5.74, 6) is 0.0873. The first-order valence-corrected chi connectivity index (χ1v) is 9.69. The Labute approximate surface area is 160 Å². The highest BCUT2D eigenvalue weighted by atomic mass is 79.9. The third-order valence-electron chi connectivity index (χ3n) is 5.35. The summed E-state index contributed by atoms with van der Waals surface area (Å²) in [4.78, 5) is 16.7. The minimum absolute atomic E-state index is 0.0196. The minimum atomic E-state index is -0.337. The molecule has 0 N–H and O–H groups in total. The van der Waals surface area contributed by atoms with Crippen LogP contribution in [0.4, 0.5) is 4.39 Å². The Morgan fingerprint density at radius 1 is 1.31 bits per heavy atom. The fourth-order valence-electron chi connectivity index (χ4n) is 3.66. The summed E-state index contributed by atoms with van der Waals surface area (Å²) in [5, 5.41) is 8.32. The molecule has 1 atom stereocenters. The molecule has 1 aromatic carbocycles. The highest BCUT2D eigenvalue weighted by Gasteiger charge is 2.38. The summed E-state index contributed by atoms with van der Waals surface area (Å²) in [5.41, 5.74) is 1.47. The number of nitrogens with zero attached hydrogens (tertiary/aromatic N) is 5. The average molecular weight is 422 g/mol. The van der Waals surface area contributed by atoms with Crippen molar-refractivity contribution < 1.29 is 9.18 Å². The molecule has 0 spiro atoms. The normalized spacial score (nSPS) is 21.7. The van der Waals surface area contributed by atoms with Crippen molar-refractivity contribution in [3.8, 4) is 5.69 Å². The molecule has 0 radical (unpaired) electrons. The number of halogens is 2. The molecule has 2 saturated heterocycles. The number of likely N-dealkylation sites (N-methyl/N-ethyl adjacent to an activating group) is 1. The second kappa shape index (κ2) is 7.08. The van der Waals surface area contributed by atoms with E-state index >= 15 is 0 Å². The zero-order valence-corrected chi connectivity index (χ0v) is 16.2. The van der Waals surface area contributed by atoms with E-state index in [1.165, 1.54) is 12.5 Å². The van der Waals surface area contributed by atoms with Gasteiger partial charge in [0.15, 0.2) is 0 Å². The Hall–Kier alpha value is -1.80.